The van der Waals surface area contributed by atoms with E-state index in [1.807, 2.05) is 37.3 Å². The van der Waals surface area contributed by atoms with Crippen molar-refractivity contribution in [1.82, 2.24) is 0 Å². The van der Waals surface area contributed by atoms with Crippen molar-refractivity contribution < 1.29 is 4.74 Å². The molecule has 20 heavy (non-hydrogen) atoms. The Morgan fingerprint density at radius 3 is 2.65 bits per heavy atom. The van der Waals surface area contributed by atoms with Crippen LogP contribution in [0.1, 0.15) is 11.1 Å². The first-order valence-corrected chi connectivity index (χ1v) is 6.42. The largest absolute Gasteiger partial charge is 0.492 e. The molecule has 0 atom stereocenters. The number of nitrogens with two attached hydrogens (primary N) is 1. The maximum atomic E-state index is 9.04. The van der Waals surface area contributed by atoms with Gasteiger partial charge in [0.25, 0.3) is 0 Å². The van der Waals surface area contributed by atoms with Gasteiger partial charge >= 0.3 is 0 Å². The third-order valence-corrected chi connectivity index (χ3v) is 2.86. The summed E-state index contributed by atoms with van der Waals surface area (Å²) < 4.78 is 5.59. The van der Waals surface area contributed by atoms with E-state index < -0.39 is 0 Å². The summed E-state index contributed by atoms with van der Waals surface area (Å²) in [6.07, 6.45) is 0. The molecule has 2 aromatic carbocycles. The van der Waals surface area contributed by atoms with Gasteiger partial charge in [0.15, 0.2) is 0 Å². The summed E-state index contributed by atoms with van der Waals surface area (Å²) in [7, 11) is 0. The minimum Gasteiger partial charge on any atom is -0.492 e. The molecule has 0 unspecified atom stereocenters. The summed E-state index contributed by atoms with van der Waals surface area (Å²) >= 11 is 0. The SMILES string of the molecule is Cc1ccc(C#N)c(NCCOc2ccc(N)cc2)c1. The van der Waals surface area contributed by atoms with Crippen molar-refractivity contribution in [3.63, 3.8) is 0 Å². The Labute approximate surface area is 118 Å². The molecule has 0 amide bonds. The number of aryl methyl sites for hydroxylation is 1. The van der Waals surface area contributed by atoms with Gasteiger partial charge in [0.05, 0.1) is 11.3 Å². The van der Waals surface area contributed by atoms with Gasteiger partial charge in [0.1, 0.15) is 18.4 Å². The van der Waals surface area contributed by atoms with Crippen molar-refractivity contribution in [2.45, 2.75) is 6.92 Å². The second-order valence-electron chi connectivity index (χ2n) is 4.51. The molecule has 2 aromatic rings. The fourth-order valence-corrected chi connectivity index (χ4v) is 1.82. The Bertz CT molecular complexity index is 615. The molecule has 0 aliphatic heterocycles. The van der Waals surface area contributed by atoms with Crippen LogP contribution in [0, 0.1) is 18.3 Å². The van der Waals surface area contributed by atoms with Crippen molar-refractivity contribution in [3.8, 4) is 11.8 Å². The van der Waals surface area contributed by atoms with E-state index >= 15 is 0 Å². The highest BCUT2D eigenvalue weighted by atomic mass is 16.5. The molecule has 0 spiro atoms. The third kappa shape index (κ3) is 3.66. The minimum atomic E-state index is 0.517. The van der Waals surface area contributed by atoms with Gasteiger partial charge in [-0.3, -0.25) is 0 Å². The lowest BCUT2D eigenvalue weighted by Crippen LogP contribution is -2.12. The van der Waals surface area contributed by atoms with E-state index in [2.05, 4.69) is 11.4 Å². The van der Waals surface area contributed by atoms with Crippen LogP contribution < -0.4 is 15.8 Å². The Morgan fingerprint density at radius 1 is 1.20 bits per heavy atom. The number of anilines is 2. The fourth-order valence-electron chi connectivity index (χ4n) is 1.82. The number of benzene rings is 2. The summed E-state index contributed by atoms with van der Waals surface area (Å²) in [5.41, 5.74) is 8.92. The lowest BCUT2D eigenvalue weighted by Gasteiger charge is -2.10. The van der Waals surface area contributed by atoms with Crippen LogP contribution in [0.25, 0.3) is 0 Å². The molecule has 2 rings (SSSR count). The zero-order valence-electron chi connectivity index (χ0n) is 11.4. The highest BCUT2D eigenvalue weighted by molar-refractivity contribution is 5.58. The van der Waals surface area contributed by atoms with Crippen molar-refractivity contribution in [3.05, 3.63) is 53.6 Å². The van der Waals surface area contributed by atoms with E-state index in [9.17, 15) is 0 Å². The van der Waals surface area contributed by atoms with Gasteiger partial charge in [-0.05, 0) is 48.9 Å². The molecule has 0 fully saturated rings. The Morgan fingerprint density at radius 2 is 1.95 bits per heavy atom. The lowest BCUT2D eigenvalue weighted by atomic mass is 10.1. The molecule has 0 saturated heterocycles. The summed E-state index contributed by atoms with van der Waals surface area (Å²) in [6.45, 7) is 3.14. The number of nitrogens with one attached hydrogen (secondary N) is 1. The van der Waals surface area contributed by atoms with Gasteiger partial charge in [-0.1, -0.05) is 6.07 Å². The van der Waals surface area contributed by atoms with Crippen LogP contribution >= 0.6 is 0 Å². The number of rotatable bonds is 5. The van der Waals surface area contributed by atoms with E-state index in [0.717, 1.165) is 17.0 Å². The van der Waals surface area contributed by atoms with Crippen molar-refractivity contribution in [1.29, 1.82) is 5.26 Å². The second kappa shape index (κ2) is 6.48. The van der Waals surface area contributed by atoms with Crippen LogP contribution in [0.15, 0.2) is 42.5 Å². The summed E-state index contributed by atoms with van der Waals surface area (Å²) in [4.78, 5) is 0. The molecule has 4 nitrogen and oxygen atoms in total. The number of hydrogen-bond acceptors (Lipinski definition) is 4. The van der Waals surface area contributed by atoms with E-state index in [4.69, 9.17) is 15.7 Å². The highest BCUT2D eigenvalue weighted by Gasteiger charge is 2.01. The lowest BCUT2D eigenvalue weighted by molar-refractivity contribution is 0.333. The van der Waals surface area contributed by atoms with Crippen molar-refractivity contribution in [2.24, 2.45) is 0 Å². The topological polar surface area (TPSA) is 71.1 Å². The number of nitrogen functional groups attached to an aromatic ring is 1. The van der Waals surface area contributed by atoms with Gasteiger partial charge in [-0.15, -0.1) is 0 Å². The third-order valence-electron chi connectivity index (χ3n) is 2.86. The van der Waals surface area contributed by atoms with Gasteiger partial charge in [0, 0.05) is 12.2 Å². The van der Waals surface area contributed by atoms with Crippen LogP contribution in [-0.4, -0.2) is 13.2 Å². The highest BCUT2D eigenvalue weighted by Crippen LogP contribution is 2.16. The molecule has 0 aromatic heterocycles. The molecule has 4 heteroatoms. The fraction of sp³-hybridized carbons (Fsp3) is 0.188. The Hall–Kier alpha value is -2.67. The average molecular weight is 267 g/mol. The molecule has 0 saturated carbocycles. The summed E-state index contributed by atoms with van der Waals surface area (Å²) in [6, 6.07) is 15.2. The maximum absolute atomic E-state index is 9.04. The Kier molecular flexibility index (Phi) is 4.46. The standard InChI is InChI=1S/C16H17N3O/c1-12-2-3-13(11-17)16(10-12)19-8-9-20-15-6-4-14(18)5-7-15/h2-7,10,19H,8-9,18H2,1H3. The minimum absolute atomic E-state index is 0.517. The van der Waals surface area contributed by atoms with Crippen molar-refractivity contribution >= 4 is 11.4 Å². The maximum Gasteiger partial charge on any atom is 0.119 e. The first-order valence-electron chi connectivity index (χ1n) is 6.42. The van der Waals surface area contributed by atoms with Gasteiger partial charge in [-0.2, -0.15) is 5.26 Å². The van der Waals surface area contributed by atoms with Gasteiger partial charge in [0.2, 0.25) is 0 Å². The molecular weight excluding hydrogens is 250 g/mol. The van der Waals surface area contributed by atoms with Gasteiger partial charge in [-0.25, -0.2) is 0 Å². The Balaban J connectivity index is 1.86. The van der Waals surface area contributed by atoms with Crippen LogP contribution in [0.5, 0.6) is 5.75 Å². The number of ether oxygens (including phenoxy) is 1. The normalized spacial score (nSPS) is 9.80. The predicted octanol–water partition coefficient (Wildman–Crippen LogP) is 2.94. The molecule has 0 aliphatic rings. The molecule has 0 bridgehead atoms. The monoisotopic (exact) mass is 267 g/mol. The molecule has 102 valence electrons. The number of nitriles is 1. The van der Waals surface area contributed by atoms with Crippen molar-refractivity contribution in [2.75, 3.05) is 24.2 Å². The van der Waals surface area contributed by atoms with Crippen LogP contribution in [0.2, 0.25) is 0 Å². The quantitative estimate of drug-likeness (QED) is 0.645. The predicted molar refractivity (Wildman–Crippen MR) is 80.7 cm³/mol. The van der Waals surface area contributed by atoms with E-state index in [1.165, 1.54) is 0 Å². The molecule has 3 N–H and O–H groups in total. The smallest absolute Gasteiger partial charge is 0.119 e. The van der Waals surface area contributed by atoms with E-state index in [0.29, 0.717) is 24.4 Å². The zero-order valence-corrected chi connectivity index (χ0v) is 11.4. The van der Waals surface area contributed by atoms with E-state index in [-0.39, 0.29) is 0 Å². The van der Waals surface area contributed by atoms with Gasteiger partial charge < -0.3 is 15.8 Å². The van der Waals surface area contributed by atoms with E-state index in [1.54, 1.807) is 12.1 Å². The molecule has 0 aliphatic carbocycles. The number of nitrogens with zero attached hydrogens (tertiary/aromatic N) is 1. The molecular formula is C16H17N3O. The first kappa shape index (κ1) is 13.8. The summed E-state index contributed by atoms with van der Waals surface area (Å²) in [5, 5.41) is 12.3. The zero-order chi connectivity index (χ0) is 14.4. The second-order valence-corrected chi connectivity index (χ2v) is 4.51. The van der Waals surface area contributed by atoms with Crippen LogP contribution in [0.3, 0.4) is 0 Å². The van der Waals surface area contributed by atoms with Crippen LogP contribution in [-0.2, 0) is 0 Å². The number of hydrogen-bond donors (Lipinski definition) is 2. The van der Waals surface area contributed by atoms with Crippen LogP contribution in [0.4, 0.5) is 11.4 Å². The molecule has 0 heterocycles. The summed E-state index contributed by atoms with van der Waals surface area (Å²) in [5.74, 6) is 0.783. The first-order chi connectivity index (χ1) is 9.69. The molecule has 0 radical (unpaired) electrons. The average Bonchev–Trinajstić information content (AvgIpc) is 2.46.